The lowest BCUT2D eigenvalue weighted by Crippen LogP contribution is -2.23. The molecule has 0 aliphatic carbocycles. The summed E-state index contributed by atoms with van der Waals surface area (Å²) in [4.78, 5) is 11.0. The van der Waals surface area contributed by atoms with E-state index in [0.717, 1.165) is 0 Å². The molecule has 0 aromatic heterocycles. The van der Waals surface area contributed by atoms with Crippen LogP contribution in [0.3, 0.4) is 0 Å². The van der Waals surface area contributed by atoms with Gasteiger partial charge in [0, 0.05) is 22.5 Å². The molecular formula is C9H18O2S. The second-order valence-electron chi connectivity index (χ2n) is 3.37. The Kier molecular flexibility index (Phi) is 5.38. The number of rotatable bonds is 5. The molecular weight excluding hydrogens is 172 g/mol. The predicted octanol–water partition coefficient (Wildman–Crippen LogP) is 1.76. The normalized spacial score (nSPS) is 16.1. The Bertz CT molecular complexity index is 175. The van der Waals surface area contributed by atoms with Gasteiger partial charge >= 0.3 is 0 Å². The highest BCUT2D eigenvalue weighted by atomic mass is 32.2. The Morgan fingerprint density at radius 3 is 2.17 bits per heavy atom. The fraction of sp³-hybridized carbons (Fsp3) is 0.889. The van der Waals surface area contributed by atoms with Crippen molar-refractivity contribution in [1.82, 2.24) is 0 Å². The van der Waals surface area contributed by atoms with Gasteiger partial charge < -0.3 is 0 Å². The number of carbonyl (C=O) groups excluding carboxylic acids is 1. The first kappa shape index (κ1) is 11.8. The van der Waals surface area contributed by atoms with E-state index in [-0.39, 0.29) is 16.8 Å². The van der Waals surface area contributed by atoms with Crippen LogP contribution < -0.4 is 0 Å². The summed E-state index contributed by atoms with van der Waals surface area (Å²) in [5.41, 5.74) is 0. The Morgan fingerprint density at radius 1 is 1.33 bits per heavy atom. The highest BCUT2D eigenvalue weighted by molar-refractivity contribution is 7.86. The minimum Gasteiger partial charge on any atom is -0.299 e. The highest BCUT2D eigenvalue weighted by Gasteiger charge is 2.16. The van der Waals surface area contributed by atoms with E-state index in [1.54, 1.807) is 6.92 Å². The van der Waals surface area contributed by atoms with Crippen LogP contribution in [0.4, 0.5) is 0 Å². The van der Waals surface area contributed by atoms with Crippen LogP contribution in [0.2, 0.25) is 0 Å². The van der Waals surface area contributed by atoms with Gasteiger partial charge in [0.25, 0.3) is 0 Å². The largest absolute Gasteiger partial charge is 0.299 e. The molecule has 0 rings (SSSR count). The second kappa shape index (κ2) is 5.46. The van der Waals surface area contributed by atoms with Crippen LogP contribution in [-0.4, -0.2) is 21.0 Å². The summed E-state index contributed by atoms with van der Waals surface area (Å²) in [5.74, 6) is 0.715. The van der Waals surface area contributed by atoms with Crippen molar-refractivity contribution in [2.24, 2.45) is 5.92 Å². The number of Topliss-reactive ketones (excluding diaryl/α,β-unsaturated/α-hetero) is 1. The van der Waals surface area contributed by atoms with Gasteiger partial charge in [0.2, 0.25) is 0 Å². The van der Waals surface area contributed by atoms with Crippen LogP contribution in [0.1, 0.15) is 34.1 Å². The van der Waals surface area contributed by atoms with Gasteiger partial charge in [0.1, 0.15) is 5.78 Å². The van der Waals surface area contributed by atoms with Crippen LogP contribution >= 0.6 is 0 Å². The third-order valence-electron chi connectivity index (χ3n) is 2.05. The molecule has 0 aromatic carbocycles. The van der Waals surface area contributed by atoms with Gasteiger partial charge in [-0.15, -0.1) is 0 Å². The molecule has 2 atom stereocenters. The number of hydrogen-bond donors (Lipinski definition) is 0. The lowest BCUT2D eigenvalue weighted by Gasteiger charge is -2.13. The first-order chi connectivity index (χ1) is 5.49. The molecule has 0 bridgehead atoms. The van der Waals surface area contributed by atoms with Crippen molar-refractivity contribution in [2.75, 3.05) is 5.75 Å². The van der Waals surface area contributed by atoms with E-state index >= 15 is 0 Å². The Morgan fingerprint density at radius 2 is 1.83 bits per heavy atom. The highest BCUT2D eigenvalue weighted by Crippen LogP contribution is 2.08. The molecule has 0 aliphatic heterocycles. The van der Waals surface area contributed by atoms with Crippen LogP contribution in [0.5, 0.6) is 0 Å². The Labute approximate surface area is 77.2 Å². The Hall–Kier alpha value is -0.180. The molecule has 2 unspecified atom stereocenters. The maximum absolute atomic E-state index is 11.4. The molecule has 2 nitrogen and oxygen atoms in total. The summed E-state index contributed by atoms with van der Waals surface area (Å²) >= 11 is 0. The average molecular weight is 190 g/mol. The monoisotopic (exact) mass is 190 g/mol. The van der Waals surface area contributed by atoms with Gasteiger partial charge in [-0.25, -0.2) is 0 Å². The van der Waals surface area contributed by atoms with Crippen LogP contribution in [-0.2, 0) is 15.6 Å². The zero-order valence-electron chi connectivity index (χ0n) is 8.29. The zero-order chi connectivity index (χ0) is 9.72. The van der Waals surface area contributed by atoms with Gasteiger partial charge in [-0.05, 0) is 5.92 Å². The maximum Gasteiger partial charge on any atom is 0.145 e. The summed E-state index contributed by atoms with van der Waals surface area (Å²) in [7, 11) is -0.974. The van der Waals surface area contributed by atoms with E-state index in [4.69, 9.17) is 0 Å². The fourth-order valence-electron chi connectivity index (χ4n) is 0.696. The first-order valence-electron chi connectivity index (χ1n) is 4.37. The van der Waals surface area contributed by atoms with Gasteiger partial charge in [-0.2, -0.15) is 0 Å². The summed E-state index contributed by atoms with van der Waals surface area (Å²) in [6, 6.07) is 0. The maximum atomic E-state index is 11.4. The van der Waals surface area contributed by atoms with Crippen LogP contribution in [0.15, 0.2) is 0 Å². The van der Waals surface area contributed by atoms with Gasteiger partial charge in [0.05, 0.1) is 5.75 Å². The van der Waals surface area contributed by atoms with Crippen molar-refractivity contribution in [3.8, 4) is 0 Å². The van der Waals surface area contributed by atoms with Crippen molar-refractivity contribution in [2.45, 2.75) is 39.4 Å². The number of hydrogen-bond acceptors (Lipinski definition) is 2. The molecule has 0 radical (unpaired) electrons. The minimum absolute atomic E-state index is 0.0980. The third kappa shape index (κ3) is 4.00. The smallest absolute Gasteiger partial charge is 0.145 e. The molecule has 0 amide bonds. The third-order valence-corrected chi connectivity index (χ3v) is 4.03. The number of ketones is 1. The minimum atomic E-state index is -0.974. The van der Waals surface area contributed by atoms with Crippen molar-refractivity contribution in [3.63, 3.8) is 0 Å². The molecule has 0 N–H and O–H groups in total. The van der Waals surface area contributed by atoms with E-state index in [0.29, 0.717) is 12.3 Å². The van der Waals surface area contributed by atoms with Crippen molar-refractivity contribution >= 4 is 16.6 Å². The summed E-state index contributed by atoms with van der Waals surface area (Å²) in [5, 5.41) is 0.125. The summed E-state index contributed by atoms with van der Waals surface area (Å²) in [6.07, 6.45) is 0.497. The lowest BCUT2D eigenvalue weighted by molar-refractivity contribution is -0.116. The van der Waals surface area contributed by atoms with E-state index in [1.165, 1.54) is 0 Å². The molecule has 0 aromatic rings. The van der Waals surface area contributed by atoms with E-state index in [1.807, 2.05) is 20.8 Å². The van der Waals surface area contributed by atoms with Crippen molar-refractivity contribution in [1.29, 1.82) is 0 Å². The fourth-order valence-corrected chi connectivity index (χ4v) is 2.09. The van der Waals surface area contributed by atoms with Gasteiger partial charge in [-0.3, -0.25) is 9.00 Å². The molecule has 12 heavy (non-hydrogen) atoms. The first-order valence-corrected chi connectivity index (χ1v) is 5.76. The molecule has 0 saturated carbocycles. The van der Waals surface area contributed by atoms with E-state index < -0.39 is 10.8 Å². The SMILES string of the molecule is CCC(=O)CS(=O)C(C)C(C)C. The topological polar surface area (TPSA) is 34.1 Å². The van der Waals surface area contributed by atoms with Gasteiger partial charge in [0.15, 0.2) is 0 Å². The molecule has 0 fully saturated rings. The molecule has 0 saturated heterocycles. The Balaban J connectivity index is 3.96. The van der Waals surface area contributed by atoms with Crippen molar-refractivity contribution in [3.05, 3.63) is 0 Å². The van der Waals surface area contributed by atoms with Crippen molar-refractivity contribution < 1.29 is 9.00 Å². The molecule has 3 heteroatoms. The van der Waals surface area contributed by atoms with E-state index in [9.17, 15) is 9.00 Å². The zero-order valence-corrected chi connectivity index (χ0v) is 9.11. The summed E-state index contributed by atoms with van der Waals surface area (Å²) < 4.78 is 11.4. The molecule has 0 aliphatic rings. The van der Waals surface area contributed by atoms with Crippen LogP contribution in [0.25, 0.3) is 0 Å². The predicted molar refractivity (Wildman–Crippen MR) is 52.6 cm³/mol. The second-order valence-corrected chi connectivity index (χ2v) is 5.16. The standard InChI is InChI=1S/C9H18O2S/c1-5-9(10)6-12(11)8(4)7(2)3/h7-8H,5-6H2,1-4H3. The average Bonchev–Trinajstić information content (AvgIpc) is 2.02. The van der Waals surface area contributed by atoms with Gasteiger partial charge in [-0.1, -0.05) is 27.7 Å². The molecule has 0 heterocycles. The summed E-state index contributed by atoms with van der Waals surface area (Å²) in [6.45, 7) is 7.79. The van der Waals surface area contributed by atoms with Crippen LogP contribution in [0, 0.1) is 5.92 Å². The lowest BCUT2D eigenvalue weighted by atomic mass is 10.2. The molecule has 0 spiro atoms. The quantitative estimate of drug-likeness (QED) is 0.662. The molecule has 72 valence electrons. The number of carbonyl (C=O) groups is 1. The van der Waals surface area contributed by atoms with E-state index in [2.05, 4.69) is 0 Å².